The molecule has 0 radical (unpaired) electrons. The van der Waals surface area contributed by atoms with Gasteiger partial charge in [-0.25, -0.2) is 4.98 Å². The Hall–Kier alpha value is -2.10. The van der Waals surface area contributed by atoms with Crippen molar-refractivity contribution in [2.24, 2.45) is 5.41 Å². The van der Waals surface area contributed by atoms with Gasteiger partial charge in [-0.1, -0.05) is 18.3 Å². The predicted octanol–water partition coefficient (Wildman–Crippen LogP) is 3.07. The number of carbonyl (C=O) groups excluding carboxylic acids is 1. The monoisotopic (exact) mass is 470 g/mol. The van der Waals surface area contributed by atoms with E-state index in [1.165, 1.54) is 29.9 Å². The highest BCUT2D eigenvalue weighted by Gasteiger charge is 2.46. The summed E-state index contributed by atoms with van der Waals surface area (Å²) in [5.74, 6) is 1.28. The maximum absolute atomic E-state index is 12.7. The molecule has 9 heteroatoms. The molecule has 0 aromatic carbocycles. The van der Waals surface area contributed by atoms with Crippen LogP contribution >= 0.6 is 11.5 Å². The quantitative estimate of drug-likeness (QED) is 0.695. The van der Waals surface area contributed by atoms with E-state index in [2.05, 4.69) is 55.7 Å². The van der Waals surface area contributed by atoms with E-state index in [4.69, 9.17) is 4.74 Å². The summed E-state index contributed by atoms with van der Waals surface area (Å²) >= 11 is 1.33. The molecule has 8 nitrogen and oxygen atoms in total. The molecule has 0 unspecified atom stereocenters. The third-order valence-corrected chi connectivity index (χ3v) is 8.44. The number of likely N-dealkylation sites (tertiary alicyclic amines) is 1. The van der Waals surface area contributed by atoms with Crippen LogP contribution in [0.4, 0.5) is 5.82 Å². The van der Waals surface area contributed by atoms with Crippen LogP contribution in [0.1, 0.15) is 66.4 Å². The summed E-state index contributed by atoms with van der Waals surface area (Å²) in [6.45, 7) is 10.7. The van der Waals surface area contributed by atoms with E-state index in [0.29, 0.717) is 11.1 Å². The first-order chi connectivity index (χ1) is 16.0. The minimum Gasteiger partial charge on any atom is -0.378 e. The van der Waals surface area contributed by atoms with E-state index in [1.54, 1.807) is 0 Å². The molecule has 2 aromatic rings. The van der Waals surface area contributed by atoms with E-state index in [9.17, 15) is 4.79 Å². The zero-order valence-corrected chi connectivity index (χ0v) is 20.4. The highest BCUT2D eigenvalue weighted by Crippen LogP contribution is 2.49. The predicted molar refractivity (Wildman–Crippen MR) is 129 cm³/mol. The smallest absolute Gasteiger partial charge is 0.273 e. The number of morpholine rings is 1. The minimum atomic E-state index is -0.0569. The number of piperidine rings is 1. The van der Waals surface area contributed by atoms with Gasteiger partial charge in [-0.15, -0.1) is 5.10 Å². The molecule has 2 aromatic heterocycles. The maximum atomic E-state index is 12.7. The minimum absolute atomic E-state index is 0.0569. The lowest BCUT2D eigenvalue weighted by Gasteiger charge is -2.52. The SMILES string of the molecule is CC(C)c1snnc1C(=O)NC1CC2(CCN(Cc3ccnc(N4CCOCC4)c3)CC2)C1. The standard InChI is InChI=1S/C24H34N6O2S/c1-17(2)22-21(27-28-33-22)23(31)26-19-14-24(15-19)4-7-29(8-5-24)16-18-3-6-25-20(13-18)30-9-11-32-12-10-30/h3,6,13,17,19H,4-5,7-12,14-16H2,1-2H3,(H,26,31). The molecule has 3 fully saturated rings. The fourth-order valence-corrected chi connectivity index (χ4v) is 6.09. The Labute approximate surface area is 199 Å². The van der Waals surface area contributed by atoms with E-state index in [-0.39, 0.29) is 17.9 Å². The van der Waals surface area contributed by atoms with Crippen LogP contribution in [0, 0.1) is 5.41 Å². The van der Waals surface area contributed by atoms with Crippen molar-refractivity contribution in [3.8, 4) is 0 Å². The second-order valence-electron chi connectivity index (χ2n) is 10.1. The molecule has 1 N–H and O–H groups in total. The van der Waals surface area contributed by atoms with Crippen molar-refractivity contribution < 1.29 is 9.53 Å². The van der Waals surface area contributed by atoms with Gasteiger partial charge in [0.2, 0.25) is 0 Å². The molecule has 3 aliphatic rings. The van der Waals surface area contributed by atoms with Gasteiger partial charge in [0.25, 0.3) is 5.91 Å². The molecule has 33 heavy (non-hydrogen) atoms. The summed E-state index contributed by atoms with van der Waals surface area (Å²) in [7, 11) is 0. The van der Waals surface area contributed by atoms with Gasteiger partial charge in [-0.05, 0) is 79.3 Å². The summed E-state index contributed by atoms with van der Waals surface area (Å²) < 4.78 is 9.45. The van der Waals surface area contributed by atoms with E-state index in [1.807, 2.05) is 6.20 Å². The van der Waals surface area contributed by atoms with E-state index < -0.39 is 0 Å². The number of pyridine rings is 1. The van der Waals surface area contributed by atoms with Crippen molar-refractivity contribution in [1.82, 2.24) is 24.8 Å². The van der Waals surface area contributed by atoms with Gasteiger partial charge in [-0.2, -0.15) is 0 Å². The highest BCUT2D eigenvalue weighted by molar-refractivity contribution is 7.05. The van der Waals surface area contributed by atoms with Gasteiger partial charge in [-0.3, -0.25) is 9.69 Å². The van der Waals surface area contributed by atoms with Crippen molar-refractivity contribution in [2.75, 3.05) is 44.3 Å². The highest BCUT2D eigenvalue weighted by atomic mass is 32.1. The molecule has 178 valence electrons. The lowest BCUT2D eigenvalue weighted by atomic mass is 9.60. The lowest BCUT2D eigenvalue weighted by Crippen LogP contribution is -2.54. The molecular weight excluding hydrogens is 436 g/mol. The van der Waals surface area contributed by atoms with Crippen LogP contribution in [0.5, 0.6) is 0 Å². The van der Waals surface area contributed by atoms with Crippen molar-refractivity contribution in [3.05, 3.63) is 34.5 Å². The molecule has 1 spiro atoms. The molecule has 4 heterocycles. The lowest BCUT2D eigenvalue weighted by molar-refractivity contribution is 0.00459. The van der Waals surface area contributed by atoms with Gasteiger partial charge in [0.1, 0.15) is 5.82 Å². The topological polar surface area (TPSA) is 83.5 Å². The molecule has 0 bridgehead atoms. The van der Waals surface area contributed by atoms with Gasteiger partial charge in [0.15, 0.2) is 5.69 Å². The number of rotatable bonds is 6. The summed E-state index contributed by atoms with van der Waals surface area (Å²) in [5, 5.41) is 7.28. The third kappa shape index (κ3) is 5.05. The Kier molecular flexibility index (Phi) is 6.62. The first-order valence-corrected chi connectivity index (χ1v) is 12.9. The molecule has 1 amide bonds. The third-order valence-electron chi connectivity index (χ3n) is 7.41. The van der Waals surface area contributed by atoms with Crippen LogP contribution in [0.3, 0.4) is 0 Å². The zero-order chi connectivity index (χ0) is 22.8. The zero-order valence-electron chi connectivity index (χ0n) is 19.6. The van der Waals surface area contributed by atoms with Gasteiger partial charge in [0, 0.05) is 31.9 Å². The number of ether oxygens (including phenoxy) is 1. The van der Waals surface area contributed by atoms with Crippen LogP contribution < -0.4 is 10.2 Å². The molecule has 1 saturated carbocycles. The number of amides is 1. The fourth-order valence-electron chi connectivity index (χ4n) is 5.45. The van der Waals surface area contributed by atoms with E-state index >= 15 is 0 Å². The first-order valence-electron chi connectivity index (χ1n) is 12.1. The number of nitrogens with one attached hydrogen (secondary N) is 1. The molecular formula is C24H34N6O2S. The Morgan fingerprint density at radius 3 is 2.73 bits per heavy atom. The second kappa shape index (κ2) is 9.64. The fraction of sp³-hybridized carbons (Fsp3) is 0.667. The Morgan fingerprint density at radius 2 is 2.00 bits per heavy atom. The van der Waals surface area contributed by atoms with Crippen LogP contribution in [0.15, 0.2) is 18.3 Å². The van der Waals surface area contributed by atoms with Crippen LogP contribution in [-0.2, 0) is 11.3 Å². The number of carbonyl (C=O) groups is 1. The molecule has 2 saturated heterocycles. The largest absolute Gasteiger partial charge is 0.378 e. The summed E-state index contributed by atoms with van der Waals surface area (Å²) in [4.78, 5) is 23.1. The van der Waals surface area contributed by atoms with Gasteiger partial charge >= 0.3 is 0 Å². The van der Waals surface area contributed by atoms with Gasteiger partial charge in [0.05, 0.1) is 18.1 Å². The Morgan fingerprint density at radius 1 is 1.24 bits per heavy atom. The summed E-state index contributed by atoms with van der Waals surface area (Å²) in [6, 6.07) is 4.65. The second-order valence-corrected chi connectivity index (χ2v) is 10.9. The normalized spacial score (nSPS) is 21.4. The number of hydrogen-bond donors (Lipinski definition) is 1. The Balaban J connectivity index is 1.09. The van der Waals surface area contributed by atoms with Crippen molar-refractivity contribution >= 4 is 23.3 Å². The maximum Gasteiger partial charge on any atom is 0.273 e. The van der Waals surface area contributed by atoms with Crippen LogP contribution in [0.2, 0.25) is 0 Å². The summed E-state index contributed by atoms with van der Waals surface area (Å²) in [5.41, 5.74) is 2.24. The van der Waals surface area contributed by atoms with Crippen LogP contribution in [-0.4, -0.2) is 70.8 Å². The average Bonchev–Trinajstić information content (AvgIpc) is 3.31. The van der Waals surface area contributed by atoms with E-state index in [0.717, 1.165) is 69.5 Å². The average molecular weight is 471 g/mol. The Bertz CT molecular complexity index is 957. The first kappa shape index (κ1) is 22.7. The number of aromatic nitrogens is 3. The van der Waals surface area contributed by atoms with Crippen molar-refractivity contribution in [2.45, 2.75) is 58.0 Å². The molecule has 0 atom stereocenters. The van der Waals surface area contributed by atoms with Gasteiger partial charge < -0.3 is 15.0 Å². The molecule has 5 rings (SSSR count). The van der Waals surface area contributed by atoms with Crippen LogP contribution in [0.25, 0.3) is 0 Å². The number of anilines is 1. The number of hydrogen-bond acceptors (Lipinski definition) is 8. The molecule has 1 aliphatic carbocycles. The van der Waals surface area contributed by atoms with Crippen molar-refractivity contribution in [3.63, 3.8) is 0 Å². The van der Waals surface area contributed by atoms with Crippen molar-refractivity contribution in [1.29, 1.82) is 0 Å². The molecule has 2 aliphatic heterocycles. The summed E-state index contributed by atoms with van der Waals surface area (Å²) in [6.07, 6.45) is 6.51. The number of nitrogens with zero attached hydrogens (tertiary/aromatic N) is 5.